The summed E-state index contributed by atoms with van der Waals surface area (Å²) in [5, 5.41) is 0. The maximum Gasteiger partial charge on any atom is 0.0723 e. The molecule has 0 amide bonds. The SMILES string of the molecule is Cc1cc(CN)ccc1COC1CCCCC1. The topological polar surface area (TPSA) is 35.2 Å². The molecule has 0 aromatic heterocycles. The lowest BCUT2D eigenvalue weighted by molar-refractivity contribution is 0.0166. The highest BCUT2D eigenvalue weighted by atomic mass is 16.5. The summed E-state index contributed by atoms with van der Waals surface area (Å²) in [4.78, 5) is 0. The molecule has 1 aliphatic carbocycles. The van der Waals surface area contributed by atoms with Crippen molar-refractivity contribution in [2.75, 3.05) is 0 Å². The zero-order chi connectivity index (χ0) is 12.1. The smallest absolute Gasteiger partial charge is 0.0723 e. The van der Waals surface area contributed by atoms with E-state index >= 15 is 0 Å². The highest BCUT2D eigenvalue weighted by Gasteiger charge is 2.13. The molecule has 0 aliphatic heterocycles. The van der Waals surface area contributed by atoms with E-state index in [1.165, 1.54) is 48.8 Å². The van der Waals surface area contributed by atoms with Crippen molar-refractivity contribution in [3.8, 4) is 0 Å². The van der Waals surface area contributed by atoms with Crippen LogP contribution in [0.15, 0.2) is 18.2 Å². The summed E-state index contributed by atoms with van der Waals surface area (Å²) < 4.78 is 5.99. The number of rotatable bonds is 4. The van der Waals surface area contributed by atoms with Crippen LogP contribution in [0.25, 0.3) is 0 Å². The van der Waals surface area contributed by atoms with Crippen LogP contribution in [-0.2, 0) is 17.9 Å². The van der Waals surface area contributed by atoms with Crippen LogP contribution in [0, 0.1) is 6.92 Å². The lowest BCUT2D eigenvalue weighted by Crippen LogP contribution is -2.16. The maximum absolute atomic E-state index is 5.99. The Bertz CT molecular complexity index is 356. The molecule has 1 aromatic rings. The molecule has 2 N–H and O–H groups in total. The molecule has 17 heavy (non-hydrogen) atoms. The molecule has 1 aromatic carbocycles. The Hall–Kier alpha value is -0.860. The summed E-state index contributed by atoms with van der Waals surface area (Å²) in [7, 11) is 0. The van der Waals surface area contributed by atoms with Crippen molar-refractivity contribution >= 4 is 0 Å². The van der Waals surface area contributed by atoms with Gasteiger partial charge in [-0.05, 0) is 36.5 Å². The van der Waals surface area contributed by atoms with E-state index in [-0.39, 0.29) is 0 Å². The van der Waals surface area contributed by atoms with Crippen molar-refractivity contribution < 1.29 is 4.74 Å². The van der Waals surface area contributed by atoms with E-state index in [1.807, 2.05) is 0 Å². The fourth-order valence-electron chi connectivity index (χ4n) is 2.49. The lowest BCUT2D eigenvalue weighted by atomic mass is 9.97. The van der Waals surface area contributed by atoms with E-state index in [9.17, 15) is 0 Å². The zero-order valence-corrected chi connectivity index (χ0v) is 10.7. The predicted octanol–water partition coefficient (Wildman–Crippen LogP) is 3.30. The van der Waals surface area contributed by atoms with E-state index < -0.39 is 0 Å². The van der Waals surface area contributed by atoms with Gasteiger partial charge in [-0.1, -0.05) is 37.5 Å². The summed E-state index contributed by atoms with van der Waals surface area (Å²) >= 11 is 0. The maximum atomic E-state index is 5.99. The number of ether oxygens (including phenoxy) is 1. The number of nitrogens with two attached hydrogens (primary N) is 1. The van der Waals surface area contributed by atoms with Gasteiger partial charge in [0.05, 0.1) is 12.7 Å². The van der Waals surface area contributed by atoms with Gasteiger partial charge >= 0.3 is 0 Å². The number of benzene rings is 1. The van der Waals surface area contributed by atoms with Gasteiger partial charge in [-0.3, -0.25) is 0 Å². The zero-order valence-electron chi connectivity index (χ0n) is 10.7. The van der Waals surface area contributed by atoms with Gasteiger partial charge < -0.3 is 10.5 Å². The Kier molecular flexibility index (Phi) is 4.57. The Balaban J connectivity index is 1.89. The van der Waals surface area contributed by atoms with Crippen molar-refractivity contribution in [1.82, 2.24) is 0 Å². The summed E-state index contributed by atoms with van der Waals surface area (Å²) in [6, 6.07) is 6.42. The van der Waals surface area contributed by atoms with Crippen LogP contribution in [0.4, 0.5) is 0 Å². The molecule has 0 atom stereocenters. The monoisotopic (exact) mass is 233 g/mol. The summed E-state index contributed by atoms with van der Waals surface area (Å²) in [5.41, 5.74) is 9.42. The highest BCUT2D eigenvalue weighted by Crippen LogP contribution is 2.22. The molecule has 0 spiro atoms. The van der Waals surface area contributed by atoms with Crippen LogP contribution in [0.5, 0.6) is 0 Å². The van der Waals surface area contributed by atoms with Crippen LogP contribution >= 0.6 is 0 Å². The van der Waals surface area contributed by atoms with Gasteiger partial charge in [0.25, 0.3) is 0 Å². The van der Waals surface area contributed by atoms with Gasteiger partial charge in [0.1, 0.15) is 0 Å². The molecule has 1 saturated carbocycles. The molecule has 0 heterocycles. The third-order valence-corrected chi connectivity index (χ3v) is 3.67. The van der Waals surface area contributed by atoms with E-state index in [2.05, 4.69) is 25.1 Å². The van der Waals surface area contributed by atoms with E-state index in [4.69, 9.17) is 10.5 Å². The minimum Gasteiger partial charge on any atom is -0.374 e. The summed E-state index contributed by atoms with van der Waals surface area (Å²) in [6.07, 6.45) is 6.99. The van der Waals surface area contributed by atoms with Crippen LogP contribution in [0.3, 0.4) is 0 Å². The first kappa shape index (κ1) is 12.6. The Morgan fingerprint density at radius 3 is 2.65 bits per heavy atom. The first-order valence-electron chi connectivity index (χ1n) is 6.69. The average molecular weight is 233 g/mol. The van der Waals surface area contributed by atoms with Crippen molar-refractivity contribution in [3.05, 3.63) is 34.9 Å². The second-order valence-electron chi connectivity index (χ2n) is 5.04. The van der Waals surface area contributed by atoms with Crippen molar-refractivity contribution in [1.29, 1.82) is 0 Å². The molecule has 2 nitrogen and oxygen atoms in total. The van der Waals surface area contributed by atoms with E-state index in [0.717, 1.165) is 6.61 Å². The molecule has 0 bridgehead atoms. The standard InChI is InChI=1S/C15H23NO/c1-12-9-13(10-16)7-8-14(12)11-17-15-5-3-2-4-6-15/h7-9,15H,2-6,10-11,16H2,1H3. The molecule has 2 rings (SSSR count). The van der Waals surface area contributed by atoms with Gasteiger partial charge in [-0.25, -0.2) is 0 Å². The largest absolute Gasteiger partial charge is 0.374 e. The van der Waals surface area contributed by atoms with Crippen LogP contribution in [-0.4, -0.2) is 6.10 Å². The average Bonchev–Trinajstić information content (AvgIpc) is 2.38. The fraction of sp³-hybridized carbons (Fsp3) is 0.600. The second kappa shape index (κ2) is 6.18. The molecule has 0 unspecified atom stereocenters. The van der Waals surface area contributed by atoms with Gasteiger partial charge in [-0.15, -0.1) is 0 Å². The molecular formula is C15H23NO. The van der Waals surface area contributed by atoms with Crippen molar-refractivity contribution in [2.45, 2.75) is 58.3 Å². The van der Waals surface area contributed by atoms with Crippen molar-refractivity contribution in [3.63, 3.8) is 0 Å². The summed E-state index contributed by atoms with van der Waals surface area (Å²) in [6.45, 7) is 3.50. The van der Waals surface area contributed by atoms with Gasteiger partial charge in [0.2, 0.25) is 0 Å². The predicted molar refractivity (Wildman–Crippen MR) is 70.7 cm³/mol. The summed E-state index contributed by atoms with van der Waals surface area (Å²) in [5.74, 6) is 0. The van der Waals surface area contributed by atoms with Gasteiger partial charge in [0, 0.05) is 6.54 Å². The number of hydrogen-bond donors (Lipinski definition) is 1. The molecular weight excluding hydrogens is 210 g/mol. The molecule has 0 saturated heterocycles. The molecule has 94 valence electrons. The normalized spacial score (nSPS) is 17.3. The van der Waals surface area contributed by atoms with E-state index in [0.29, 0.717) is 12.6 Å². The first-order chi connectivity index (χ1) is 8.29. The van der Waals surface area contributed by atoms with Gasteiger partial charge in [-0.2, -0.15) is 0 Å². The van der Waals surface area contributed by atoms with Gasteiger partial charge in [0.15, 0.2) is 0 Å². The van der Waals surface area contributed by atoms with Crippen molar-refractivity contribution in [2.24, 2.45) is 5.73 Å². The van der Waals surface area contributed by atoms with Crippen LogP contribution < -0.4 is 5.73 Å². The third-order valence-electron chi connectivity index (χ3n) is 3.67. The Labute approximate surface area is 104 Å². The Morgan fingerprint density at radius 2 is 2.00 bits per heavy atom. The lowest BCUT2D eigenvalue weighted by Gasteiger charge is -2.22. The minimum atomic E-state index is 0.484. The molecule has 1 aliphatic rings. The van der Waals surface area contributed by atoms with Crippen LogP contribution in [0.1, 0.15) is 48.8 Å². The molecule has 1 fully saturated rings. The van der Waals surface area contributed by atoms with Crippen LogP contribution in [0.2, 0.25) is 0 Å². The Morgan fingerprint density at radius 1 is 1.24 bits per heavy atom. The molecule has 0 radical (unpaired) electrons. The quantitative estimate of drug-likeness (QED) is 0.866. The fourth-order valence-corrected chi connectivity index (χ4v) is 2.49. The highest BCUT2D eigenvalue weighted by molar-refractivity contribution is 5.30. The number of hydrogen-bond acceptors (Lipinski definition) is 2. The second-order valence-corrected chi connectivity index (χ2v) is 5.04. The number of aryl methyl sites for hydroxylation is 1. The molecule has 2 heteroatoms. The third kappa shape index (κ3) is 3.55. The first-order valence-corrected chi connectivity index (χ1v) is 6.69. The minimum absolute atomic E-state index is 0.484. The van der Waals surface area contributed by atoms with E-state index in [1.54, 1.807) is 0 Å².